The highest BCUT2D eigenvalue weighted by atomic mass is 16.5. The van der Waals surface area contributed by atoms with Gasteiger partial charge in [-0.05, 0) is 13.0 Å². The Morgan fingerprint density at radius 3 is 2.60 bits per heavy atom. The van der Waals surface area contributed by atoms with Gasteiger partial charge in [0.05, 0.1) is 7.11 Å². The Morgan fingerprint density at radius 1 is 1.40 bits per heavy atom. The molecule has 1 rings (SSSR count). The zero-order valence-electron chi connectivity index (χ0n) is 9.62. The molecule has 1 saturated heterocycles. The molecule has 0 aliphatic carbocycles. The third kappa shape index (κ3) is 3.80. The largest absolute Gasteiger partial charge is 0.497 e. The van der Waals surface area contributed by atoms with Crippen LogP contribution in [0, 0.1) is 0 Å². The molecule has 1 heterocycles. The molecule has 0 saturated carbocycles. The number of methoxy groups -OCH3 is 1. The van der Waals surface area contributed by atoms with E-state index in [9.17, 15) is 0 Å². The van der Waals surface area contributed by atoms with Gasteiger partial charge in [-0.25, -0.2) is 0 Å². The Labute approximate surface area is 92.1 Å². The normalized spacial score (nSPS) is 18.3. The minimum Gasteiger partial charge on any atom is -0.497 e. The lowest BCUT2D eigenvalue weighted by molar-refractivity contribution is 0.291. The van der Waals surface area contributed by atoms with Gasteiger partial charge in [0.15, 0.2) is 0 Å². The fourth-order valence-corrected chi connectivity index (χ4v) is 1.56. The number of ether oxygens (including phenoxy) is 1. The summed E-state index contributed by atoms with van der Waals surface area (Å²) < 4.78 is 5.07. The third-order valence-electron chi connectivity index (χ3n) is 2.39. The summed E-state index contributed by atoms with van der Waals surface area (Å²) >= 11 is 0. The fourth-order valence-electron chi connectivity index (χ4n) is 1.56. The molecule has 0 spiro atoms. The summed E-state index contributed by atoms with van der Waals surface area (Å²) in [7, 11) is 1.64. The van der Waals surface area contributed by atoms with Crippen LogP contribution in [-0.4, -0.2) is 38.2 Å². The van der Waals surface area contributed by atoms with Crippen molar-refractivity contribution in [3.05, 3.63) is 36.3 Å². The van der Waals surface area contributed by atoms with Crippen LogP contribution in [0.15, 0.2) is 36.3 Å². The molecular formula is C12H20N2O. The lowest BCUT2D eigenvalue weighted by Gasteiger charge is -2.30. The van der Waals surface area contributed by atoms with E-state index in [-0.39, 0.29) is 0 Å². The van der Waals surface area contributed by atoms with Crippen LogP contribution in [0.25, 0.3) is 0 Å². The molecule has 0 aromatic rings. The number of piperazine rings is 1. The topological polar surface area (TPSA) is 24.5 Å². The summed E-state index contributed by atoms with van der Waals surface area (Å²) in [5.41, 5.74) is 1.17. The Morgan fingerprint density at radius 2 is 2.07 bits per heavy atom. The van der Waals surface area contributed by atoms with E-state index in [0.29, 0.717) is 5.76 Å². The van der Waals surface area contributed by atoms with Gasteiger partial charge in [0, 0.05) is 38.0 Å². The maximum absolute atomic E-state index is 5.07. The molecule has 15 heavy (non-hydrogen) atoms. The Kier molecular flexibility index (Phi) is 4.98. The molecule has 3 nitrogen and oxygen atoms in total. The van der Waals surface area contributed by atoms with E-state index in [1.807, 2.05) is 19.1 Å². The van der Waals surface area contributed by atoms with Crippen LogP contribution in [0.5, 0.6) is 0 Å². The average Bonchev–Trinajstić information content (AvgIpc) is 2.29. The van der Waals surface area contributed by atoms with Gasteiger partial charge in [0.2, 0.25) is 0 Å². The van der Waals surface area contributed by atoms with Crippen molar-refractivity contribution in [2.24, 2.45) is 0 Å². The van der Waals surface area contributed by atoms with Gasteiger partial charge in [-0.3, -0.25) is 0 Å². The second-order valence-corrected chi connectivity index (χ2v) is 3.48. The summed E-state index contributed by atoms with van der Waals surface area (Å²) in [4.78, 5) is 2.33. The van der Waals surface area contributed by atoms with E-state index in [2.05, 4.69) is 22.9 Å². The highest BCUT2D eigenvalue weighted by Gasteiger charge is 2.10. The van der Waals surface area contributed by atoms with Crippen molar-refractivity contribution in [1.29, 1.82) is 0 Å². The summed E-state index contributed by atoms with van der Waals surface area (Å²) in [5.74, 6) is 0.696. The third-order valence-corrected chi connectivity index (χ3v) is 2.39. The zero-order valence-corrected chi connectivity index (χ0v) is 9.62. The number of rotatable bonds is 4. The lowest BCUT2D eigenvalue weighted by Crippen LogP contribution is -2.42. The van der Waals surface area contributed by atoms with Gasteiger partial charge < -0.3 is 15.0 Å². The van der Waals surface area contributed by atoms with Crippen LogP contribution in [0.4, 0.5) is 0 Å². The minimum absolute atomic E-state index is 0.696. The predicted molar refractivity (Wildman–Crippen MR) is 63.5 cm³/mol. The SMILES string of the molecule is C=C(/C=C(\C=C/C)N1CCNCC1)OC. The standard InChI is InChI=1S/C12H20N2O/c1-4-5-12(10-11(2)15-3)14-8-6-13-7-9-14/h4-5,10,13H,2,6-9H2,1,3H3/b5-4-,12-10+. The summed E-state index contributed by atoms with van der Waals surface area (Å²) in [5, 5.41) is 3.33. The molecule has 1 aliphatic rings. The van der Waals surface area contributed by atoms with Gasteiger partial charge in [-0.1, -0.05) is 12.7 Å². The highest BCUT2D eigenvalue weighted by molar-refractivity contribution is 5.25. The summed E-state index contributed by atoms with van der Waals surface area (Å²) in [6.45, 7) is 9.98. The van der Waals surface area contributed by atoms with Gasteiger partial charge in [-0.2, -0.15) is 0 Å². The van der Waals surface area contributed by atoms with E-state index in [1.54, 1.807) is 7.11 Å². The first-order valence-corrected chi connectivity index (χ1v) is 5.31. The minimum atomic E-state index is 0.696. The van der Waals surface area contributed by atoms with Crippen LogP contribution in [0.2, 0.25) is 0 Å². The summed E-state index contributed by atoms with van der Waals surface area (Å²) in [6.07, 6.45) is 6.11. The van der Waals surface area contributed by atoms with Crippen LogP contribution in [0.3, 0.4) is 0 Å². The van der Waals surface area contributed by atoms with Gasteiger partial charge in [0.25, 0.3) is 0 Å². The molecule has 0 radical (unpaired) electrons. The fraction of sp³-hybridized carbons (Fsp3) is 0.500. The summed E-state index contributed by atoms with van der Waals surface area (Å²) in [6, 6.07) is 0. The zero-order chi connectivity index (χ0) is 11.1. The molecule has 1 fully saturated rings. The number of hydrogen-bond acceptors (Lipinski definition) is 3. The first kappa shape index (κ1) is 11.9. The van der Waals surface area contributed by atoms with Crippen molar-refractivity contribution in [3.8, 4) is 0 Å². The van der Waals surface area contributed by atoms with Crippen molar-refractivity contribution in [2.45, 2.75) is 6.92 Å². The Bertz CT molecular complexity index is 263. The average molecular weight is 208 g/mol. The van der Waals surface area contributed by atoms with E-state index < -0.39 is 0 Å². The first-order valence-electron chi connectivity index (χ1n) is 5.31. The van der Waals surface area contributed by atoms with E-state index in [0.717, 1.165) is 26.2 Å². The van der Waals surface area contributed by atoms with Crippen LogP contribution >= 0.6 is 0 Å². The van der Waals surface area contributed by atoms with Gasteiger partial charge in [-0.15, -0.1) is 0 Å². The monoisotopic (exact) mass is 208 g/mol. The molecule has 84 valence electrons. The van der Waals surface area contributed by atoms with Gasteiger partial charge in [0.1, 0.15) is 5.76 Å². The second kappa shape index (κ2) is 6.30. The van der Waals surface area contributed by atoms with Crippen molar-refractivity contribution < 1.29 is 4.74 Å². The van der Waals surface area contributed by atoms with Crippen LogP contribution < -0.4 is 5.32 Å². The highest BCUT2D eigenvalue weighted by Crippen LogP contribution is 2.10. The molecule has 1 aliphatic heterocycles. The Hall–Kier alpha value is -1.22. The Balaban J connectivity index is 2.71. The molecule has 0 atom stereocenters. The lowest BCUT2D eigenvalue weighted by atomic mass is 10.2. The van der Waals surface area contributed by atoms with Gasteiger partial charge >= 0.3 is 0 Å². The molecule has 0 aromatic carbocycles. The van der Waals surface area contributed by atoms with Crippen molar-refractivity contribution in [1.82, 2.24) is 10.2 Å². The molecular weight excluding hydrogens is 188 g/mol. The van der Waals surface area contributed by atoms with Crippen molar-refractivity contribution in [3.63, 3.8) is 0 Å². The molecule has 0 unspecified atom stereocenters. The van der Waals surface area contributed by atoms with E-state index in [4.69, 9.17) is 4.74 Å². The number of hydrogen-bond donors (Lipinski definition) is 1. The van der Waals surface area contributed by atoms with Crippen molar-refractivity contribution in [2.75, 3.05) is 33.3 Å². The van der Waals surface area contributed by atoms with Crippen LogP contribution in [0.1, 0.15) is 6.92 Å². The smallest absolute Gasteiger partial charge is 0.113 e. The van der Waals surface area contributed by atoms with E-state index >= 15 is 0 Å². The number of nitrogens with zero attached hydrogens (tertiary/aromatic N) is 1. The van der Waals surface area contributed by atoms with Crippen LogP contribution in [-0.2, 0) is 4.74 Å². The molecule has 0 amide bonds. The first-order chi connectivity index (χ1) is 7.27. The molecule has 0 bridgehead atoms. The second-order valence-electron chi connectivity index (χ2n) is 3.48. The quantitative estimate of drug-likeness (QED) is 0.560. The molecule has 3 heteroatoms. The maximum atomic E-state index is 5.07. The van der Waals surface area contributed by atoms with E-state index in [1.165, 1.54) is 5.70 Å². The maximum Gasteiger partial charge on any atom is 0.113 e. The van der Waals surface area contributed by atoms with Crippen molar-refractivity contribution >= 4 is 0 Å². The number of nitrogens with one attached hydrogen (secondary N) is 1. The number of allylic oxidation sites excluding steroid dienone is 3. The predicted octanol–water partition coefficient (Wildman–Crippen LogP) is 1.51. The molecule has 0 aromatic heterocycles. The molecule has 1 N–H and O–H groups in total.